The Hall–Kier alpha value is -1.87. The molecule has 0 aliphatic carbocycles. The monoisotopic (exact) mass is 289 g/mol. The third kappa shape index (κ3) is 3.17. The van der Waals surface area contributed by atoms with Gasteiger partial charge in [-0.15, -0.1) is 0 Å². The molecule has 0 unspecified atom stereocenters. The maximum Gasteiger partial charge on any atom is 0.0742 e. The Morgan fingerprint density at radius 2 is 1.70 bits per heavy atom. The van der Waals surface area contributed by atoms with Crippen molar-refractivity contribution in [2.45, 2.75) is 13.8 Å². The molecule has 0 aliphatic rings. The molecule has 0 amide bonds. The maximum atomic E-state index is 6.01. The first-order chi connectivity index (χ1) is 9.65. The smallest absolute Gasteiger partial charge is 0.0742 e. The largest absolute Gasteiger partial charge is 0.396 e. The normalized spacial score (nSPS) is 10.3. The number of benzene rings is 2. The van der Waals surface area contributed by atoms with Crippen molar-refractivity contribution in [2.75, 3.05) is 29.0 Å². The Labute approximate surface area is 125 Å². The van der Waals surface area contributed by atoms with Gasteiger partial charge in [0.05, 0.1) is 16.4 Å². The van der Waals surface area contributed by atoms with E-state index < -0.39 is 0 Å². The molecule has 0 radical (unpaired) electrons. The van der Waals surface area contributed by atoms with E-state index in [2.05, 4.69) is 36.2 Å². The minimum atomic E-state index is 0.565. The Bertz CT molecular complexity index is 562. The third-order valence-corrected chi connectivity index (χ3v) is 3.66. The van der Waals surface area contributed by atoms with E-state index in [0.29, 0.717) is 10.7 Å². The van der Waals surface area contributed by atoms with Crippen LogP contribution in [0.2, 0.25) is 5.02 Å². The molecule has 0 saturated heterocycles. The predicted octanol–water partition coefficient (Wildman–Crippen LogP) is 4.51. The van der Waals surface area contributed by atoms with E-state index in [4.69, 9.17) is 17.3 Å². The van der Waals surface area contributed by atoms with Gasteiger partial charge in [0.25, 0.3) is 0 Å². The van der Waals surface area contributed by atoms with Crippen molar-refractivity contribution in [3.05, 3.63) is 47.5 Å². The summed E-state index contributed by atoms with van der Waals surface area (Å²) < 4.78 is 0. The second-order valence-electron chi connectivity index (χ2n) is 4.55. The van der Waals surface area contributed by atoms with Crippen LogP contribution in [0.25, 0.3) is 0 Å². The van der Waals surface area contributed by atoms with E-state index in [1.807, 2.05) is 24.3 Å². The Balaban J connectivity index is 2.17. The average Bonchev–Trinajstić information content (AvgIpc) is 2.47. The van der Waals surface area contributed by atoms with Crippen molar-refractivity contribution in [3.8, 4) is 0 Å². The predicted molar refractivity (Wildman–Crippen MR) is 89.2 cm³/mol. The van der Waals surface area contributed by atoms with E-state index in [-0.39, 0.29) is 0 Å². The lowest BCUT2D eigenvalue weighted by Gasteiger charge is -2.21. The summed E-state index contributed by atoms with van der Waals surface area (Å²) in [4.78, 5) is 2.30. The zero-order valence-electron chi connectivity index (χ0n) is 11.9. The summed E-state index contributed by atoms with van der Waals surface area (Å²) in [5.74, 6) is 0. The number of rotatable bonds is 5. The Morgan fingerprint density at radius 1 is 1.05 bits per heavy atom. The molecule has 0 heterocycles. The van der Waals surface area contributed by atoms with Crippen LogP contribution in [0.3, 0.4) is 0 Å². The molecule has 4 heteroatoms. The van der Waals surface area contributed by atoms with Gasteiger partial charge >= 0.3 is 0 Å². The molecule has 106 valence electrons. The summed E-state index contributed by atoms with van der Waals surface area (Å²) in [5.41, 5.74) is 9.56. The van der Waals surface area contributed by atoms with Gasteiger partial charge in [-0.3, -0.25) is 0 Å². The fraction of sp³-hybridized carbons (Fsp3) is 0.250. The molecule has 3 nitrogen and oxygen atoms in total. The van der Waals surface area contributed by atoms with Crippen LogP contribution in [-0.2, 0) is 0 Å². The summed E-state index contributed by atoms with van der Waals surface area (Å²) in [6, 6.07) is 13.9. The van der Waals surface area contributed by atoms with E-state index >= 15 is 0 Å². The molecule has 0 aliphatic heterocycles. The van der Waals surface area contributed by atoms with Crippen LogP contribution >= 0.6 is 11.6 Å². The number of halogens is 1. The number of nitrogens with zero attached hydrogens (tertiary/aromatic N) is 1. The van der Waals surface area contributed by atoms with Gasteiger partial charge in [-0.05, 0) is 50.2 Å². The molecule has 0 spiro atoms. The van der Waals surface area contributed by atoms with Crippen molar-refractivity contribution in [3.63, 3.8) is 0 Å². The van der Waals surface area contributed by atoms with Crippen LogP contribution in [-0.4, -0.2) is 13.1 Å². The molecule has 0 atom stereocenters. The molecule has 3 N–H and O–H groups in total. The lowest BCUT2D eigenvalue weighted by molar-refractivity contribution is 0.866. The van der Waals surface area contributed by atoms with Gasteiger partial charge in [0.2, 0.25) is 0 Å². The molecular formula is C16H20ClN3. The van der Waals surface area contributed by atoms with Gasteiger partial charge in [0.1, 0.15) is 0 Å². The van der Waals surface area contributed by atoms with Crippen LogP contribution < -0.4 is 16.0 Å². The van der Waals surface area contributed by atoms with E-state index in [1.165, 1.54) is 5.69 Å². The van der Waals surface area contributed by atoms with Crippen molar-refractivity contribution in [2.24, 2.45) is 0 Å². The average molecular weight is 290 g/mol. The van der Waals surface area contributed by atoms with Crippen LogP contribution in [0.15, 0.2) is 42.5 Å². The number of nitrogen functional groups attached to an aromatic ring is 1. The number of nitrogens with two attached hydrogens (primary N) is 1. The van der Waals surface area contributed by atoms with E-state index in [9.17, 15) is 0 Å². The number of para-hydroxylation sites is 1. The van der Waals surface area contributed by atoms with E-state index in [0.717, 1.165) is 24.5 Å². The first kappa shape index (κ1) is 14.5. The SMILES string of the molecule is CCN(CC)c1ccc(Nc2cccc(Cl)c2N)cc1. The number of anilines is 4. The summed E-state index contributed by atoms with van der Waals surface area (Å²) in [6.07, 6.45) is 0. The third-order valence-electron chi connectivity index (χ3n) is 3.33. The Morgan fingerprint density at radius 3 is 2.30 bits per heavy atom. The first-order valence-electron chi connectivity index (χ1n) is 6.81. The number of hydrogen-bond donors (Lipinski definition) is 2. The van der Waals surface area contributed by atoms with Gasteiger partial charge in [-0.2, -0.15) is 0 Å². The fourth-order valence-electron chi connectivity index (χ4n) is 2.15. The van der Waals surface area contributed by atoms with Crippen molar-refractivity contribution in [1.82, 2.24) is 0 Å². The topological polar surface area (TPSA) is 41.3 Å². The molecule has 0 fully saturated rings. The highest BCUT2D eigenvalue weighted by Crippen LogP contribution is 2.30. The van der Waals surface area contributed by atoms with E-state index in [1.54, 1.807) is 6.07 Å². The lowest BCUT2D eigenvalue weighted by Crippen LogP contribution is -2.21. The minimum Gasteiger partial charge on any atom is -0.396 e. The van der Waals surface area contributed by atoms with Gasteiger partial charge in [-0.1, -0.05) is 17.7 Å². The van der Waals surface area contributed by atoms with Crippen LogP contribution in [0, 0.1) is 0 Å². The number of hydrogen-bond acceptors (Lipinski definition) is 3. The first-order valence-corrected chi connectivity index (χ1v) is 7.19. The second-order valence-corrected chi connectivity index (χ2v) is 4.95. The zero-order chi connectivity index (χ0) is 14.5. The van der Waals surface area contributed by atoms with Crippen molar-refractivity contribution in [1.29, 1.82) is 0 Å². The molecule has 0 saturated carbocycles. The molecule has 2 aromatic carbocycles. The molecular weight excluding hydrogens is 270 g/mol. The fourth-order valence-corrected chi connectivity index (χ4v) is 2.32. The summed E-state index contributed by atoms with van der Waals surface area (Å²) >= 11 is 6.01. The molecule has 2 aromatic rings. The summed E-state index contributed by atoms with van der Waals surface area (Å²) in [6.45, 7) is 6.32. The molecule has 0 bridgehead atoms. The van der Waals surface area contributed by atoms with Gasteiger partial charge in [0.15, 0.2) is 0 Å². The van der Waals surface area contributed by atoms with Gasteiger partial charge in [0, 0.05) is 24.5 Å². The van der Waals surface area contributed by atoms with Crippen LogP contribution in [0.1, 0.15) is 13.8 Å². The van der Waals surface area contributed by atoms with Gasteiger partial charge < -0.3 is 16.0 Å². The zero-order valence-corrected chi connectivity index (χ0v) is 12.6. The minimum absolute atomic E-state index is 0.565. The standard InChI is InChI=1S/C16H20ClN3/c1-3-20(4-2)13-10-8-12(9-11-13)19-15-7-5-6-14(17)16(15)18/h5-11,19H,3-4,18H2,1-2H3. The molecule has 20 heavy (non-hydrogen) atoms. The number of nitrogens with one attached hydrogen (secondary N) is 1. The highest BCUT2D eigenvalue weighted by atomic mass is 35.5. The second kappa shape index (κ2) is 6.53. The quantitative estimate of drug-likeness (QED) is 0.796. The summed E-state index contributed by atoms with van der Waals surface area (Å²) in [5, 5.41) is 3.85. The maximum absolute atomic E-state index is 6.01. The van der Waals surface area contributed by atoms with Crippen molar-refractivity contribution >= 4 is 34.4 Å². The summed E-state index contributed by atoms with van der Waals surface area (Å²) in [7, 11) is 0. The Kier molecular flexibility index (Phi) is 4.74. The highest BCUT2D eigenvalue weighted by Gasteiger charge is 2.04. The van der Waals surface area contributed by atoms with Gasteiger partial charge in [-0.25, -0.2) is 0 Å². The molecule has 2 rings (SSSR count). The van der Waals surface area contributed by atoms with Crippen LogP contribution in [0.5, 0.6) is 0 Å². The highest BCUT2D eigenvalue weighted by molar-refractivity contribution is 6.33. The van der Waals surface area contributed by atoms with Crippen LogP contribution in [0.4, 0.5) is 22.7 Å². The van der Waals surface area contributed by atoms with Crippen molar-refractivity contribution < 1.29 is 0 Å². The lowest BCUT2D eigenvalue weighted by atomic mass is 10.2. The molecule has 0 aromatic heterocycles.